The highest BCUT2D eigenvalue weighted by molar-refractivity contribution is 7.98. The number of benzene rings is 2. The highest BCUT2D eigenvalue weighted by Crippen LogP contribution is 2.26. The first-order chi connectivity index (χ1) is 13.6. The van der Waals surface area contributed by atoms with Crippen LogP contribution < -0.4 is 9.47 Å². The average molecular weight is 416 g/mol. The number of allylic oxidation sites excluding steroid dienone is 1. The Morgan fingerprint density at radius 1 is 1.21 bits per heavy atom. The summed E-state index contributed by atoms with van der Waals surface area (Å²) in [5.74, 6) is 3.15. The predicted molar refractivity (Wildman–Crippen MR) is 113 cm³/mol. The standard InChI is InChI=1S/C21H22ClN3O2S/c1-4-10-25-20(13-27-19-9-8-17(22)11-15(19)2)23-24-21(25)28-14-16-6-5-7-18(12-16)26-3/h4-9,11-12H,1,10,13-14H2,2-3H3. The van der Waals surface area contributed by atoms with Crippen LogP contribution in [0.25, 0.3) is 0 Å². The number of nitrogens with zero attached hydrogens (tertiary/aromatic N) is 3. The molecule has 0 aliphatic rings. The molecule has 0 N–H and O–H groups in total. The number of thioether (sulfide) groups is 1. The summed E-state index contributed by atoms with van der Waals surface area (Å²) in [6.45, 7) is 6.75. The zero-order chi connectivity index (χ0) is 19.9. The second-order valence-electron chi connectivity index (χ2n) is 6.14. The lowest BCUT2D eigenvalue weighted by molar-refractivity contribution is 0.287. The molecule has 7 heteroatoms. The Morgan fingerprint density at radius 3 is 2.82 bits per heavy atom. The van der Waals surface area contributed by atoms with Gasteiger partial charge in [-0.05, 0) is 48.4 Å². The van der Waals surface area contributed by atoms with Crippen molar-refractivity contribution in [3.63, 3.8) is 0 Å². The summed E-state index contributed by atoms with van der Waals surface area (Å²) in [6, 6.07) is 13.6. The number of rotatable bonds is 9. The van der Waals surface area contributed by atoms with Gasteiger partial charge in [0, 0.05) is 17.3 Å². The molecular formula is C21H22ClN3O2S. The Kier molecular flexibility index (Phi) is 7.01. The number of aromatic nitrogens is 3. The maximum atomic E-state index is 6.00. The van der Waals surface area contributed by atoms with Crippen LogP contribution in [0.15, 0.2) is 60.3 Å². The molecule has 1 heterocycles. The summed E-state index contributed by atoms with van der Waals surface area (Å²) in [5.41, 5.74) is 2.14. The van der Waals surface area contributed by atoms with Crippen LogP contribution in [0.4, 0.5) is 0 Å². The Bertz CT molecular complexity index is 959. The average Bonchev–Trinajstić information content (AvgIpc) is 3.08. The van der Waals surface area contributed by atoms with Crippen molar-refractivity contribution in [3.8, 4) is 11.5 Å². The van der Waals surface area contributed by atoms with Crippen molar-refractivity contribution in [2.75, 3.05) is 7.11 Å². The first kappa shape index (κ1) is 20.3. The fourth-order valence-corrected chi connectivity index (χ4v) is 3.81. The third kappa shape index (κ3) is 5.09. The van der Waals surface area contributed by atoms with E-state index in [1.807, 2.05) is 54.0 Å². The smallest absolute Gasteiger partial charge is 0.191 e. The lowest BCUT2D eigenvalue weighted by Crippen LogP contribution is -2.08. The van der Waals surface area contributed by atoms with E-state index in [4.69, 9.17) is 21.1 Å². The topological polar surface area (TPSA) is 49.2 Å². The third-order valence-corrected chi connectivity index (χ3v) is 5.37. The maximum absolute atomic E-state index is 6.00. The van der Waals surface area contributed by atoms with E-state index in [-0.39, 0.29) is 0 Å². The lowest BCUT2D eigenvalue weighted by Gasteiger charge is -2.11. The van der Waals surface area contributed by atoms with Crippen molar-refractivity contribution in [1.82, 2.24) is 14.8 Å². The molecule has 3 rings (SSSR count). The van der Waals surface area contributed by atoms with Crippen molar-refractivity contribution >= 4 is 23.4 Å². The van der Waals surface area contributed by atoms with E-state index < -0.39 is 0 Å². The van der Waals surface area contributed by atoms with Gasteiger partial charge in [0.2, 0.25) is 0 Å². The van der Waals surface area contributed by atoms with E-state index in [2.05, 4.69) is 22.8 Å². The minimum Gasteiger partial charge on any atom is -0.497 e. The maximum Gasteiger partial charge on any atom is 0.191 e. The van der Waals surface area contributed by atoms with Gasteiger partial charge in [0.1, 0.15) is 18.1 Å². The van der Waals surface area contributed by atoms with Crippen LogP contribution in [0, 0.1) is 6.92 Å². The van der Waals surface area contributed by atoms with Crippen molar-refractivity contribution < 1.29 is 9.47 Å². The van der Waals surface area contributed by atoms with Gasteiger partial charge in [-0.2, -0.15) is 0 Å². The van der Waals surface area contributed by atoms with Gasteiger partial charge in [0.05, 0.1) is 7.11 Å². The summed E-state index contributed by atoms with van der Waals surface area (Å²) in [7, 11) is 1.67. The molecule has 146 valence electrons. The summed E-state index contributed by atoms with van der Waals surface area (Å²) in [4.78, 5) is 0. The van der Waals surface area contributed by atoms with Gasteiger partial charge in [0.25, 0.3) is 0 Å². The van der Waals surface area contributed by atoms with Gasteiger partial charge in [-0.15, -0.1) is 16.8 Å². The zero-order valence-electron chi connectivity index (χ0n) is 15.9. The monoisotopic (exact) mass is 415 g/mol. The Morgan fingerprint density at radius 2 is 2.07 bits per heavy atom. The molecule has 28 heavy (non-hydrogen) atoms. The second kappa shape index (κ2) is 9.66. The normalized spacial score (nSPS) is 10.7. The quantitative estimate of drug-likeness (QED) is 0.350. The minimum atomic E-state index is 0.322. The van der Waals surface area contributed by atoms with Crippen LogP contribution in [0.3, 0.4) is 0 Å². The third-order valence-electron chi connectivity index (χ3n) is 4.10. The molecule has 0 atom stereocenters. The number of halogens is 1. The van der Waals surface area contributed by atoms with E-state index in [1.54, 1.807) is 18.9 Å². The Balaban J connectivity index is 1.70. The molecule has 0 fully saturated rings. The fourth-order valence-electron chi connectivity index (χ4n) is 2.67. The van der Waals surface area contributed by atoms with Crippen molar-refractivity contribution in [2.24, 2.45) is 0 Å². The lowest BCUT2D eigenvalue weighted by atomic mass is 10.2. The molecule has 1 aromatic heterocycles. The molecule has 2 aromatic carbocycles. The van der Waals surface area contributed by atoms with Crippen LogP contribution >= 0.6 is 23.4 Å². The van der Waals surface area contributed by atoms with Gasteiger partial charge in [0.15, 0.2) is 11.0 Å². The molecular weight excluding hydrogens is 394 g/mol. The molecule has 0 aliphatic heterocycles. The number of hydrogen-bond donors (Lipinski definition) is 0. The van der Waals surface area contributed by atoms with Gasteiger partial charge < -0.3 is 9.47 Å². The van der Waals surface area contributed by atoms with Crippen molar-refractivity contribution in [3.05, 3.63) is 77.1 Å². The number of methoxy groups -OCH3 is 1. The second-order valence-corrected chi connectivity index (χ2v) is 7.52. The molecule has 0 radical (unpaired) electrons. The fraction of sp³-hybridized carbons (Fsp3) is 0.238. The molecule has 5 nitrogen and oxygen atoms in total. The molecule has 0 spiro atoms. The van der Waals surface area contributed by atoms with Crippen molar-refractivity contribution in [2.45, 2.75) is 31.0 Å². The molecule has 0 bridgehead atoms. The van der Waals surface area contributed by atoms with Gasteiger partial charge in [-0.25, -0.2) is 0 Å². The van der Waals surface area contributed by atoms with Gasteiger partial charge in [-0.3, -0.25) is 4.57 Å². The molecule has 0 saturated carbocycles. The Hall–Kier alpha value is -2.44. The Labute approximate surface area is 174 Å². The van der Waals surface area contributed by atoms with Crippen LogP contribution in [0.2, 0.25) is 5.02 Å². The predicted octanol–water partition coefficient (Wildman–Crippen LogP) is 5.31. The van der Waals surface area contributed by atoms with E-state index in [9.17, 15) is 0 Å². The van der Waals surface area contributed by atoms with Gasteiger partial charge in [-0.1, -0.05) is 41.6 Å². The van der Waals surface area contributed by atoms with Crippen molar-refractivity contribution in [1.29, 1.82) is 0 Å². The number of ether oxygens (including phenoxy) is 2. The molecule has 0 amide bonds. The summed E-state index contributed by atoms with van der Waals surface area (Å²) >= 11 is 7.62. The van der Waals surface area contributed by atoms with Gasteiger partial charge >= 0.3 is 0 Å². The largest absolute Gasteiger partial charge is 0.497 e. The SMILES string of the molecule is C=CCn1c(COc2ccc(Cl)cc2C)nnc1SCc1cccc(OC)c1. The minimum absolute atomic E-state index is 0.322. The summed E-state index contributed by atoms with van der Waals surface area (Å²) < 4.78 is 13.2. The molecule has 0 aliphatic carbocycles. The van der Waals surface area contributed by atoms with Crippen LogP contribution in [-0.4, -0.2) is 21.9 Å². The molecule has 0 unspecified atom stereocenters. The molecule has 3 aromatic rings. The highest BCUT2D eigenvalue weighted by Gasteiger charge is 2.13. The first-order valence-corrected chi connectivity index (χ1v) is 10.1. The van der Waals surface area contributed by atoms with Crippen LogP contribution in [0.5, 0.6) is 11.5 Å². The number of aryl methyl sites for hydroxylation is 1. The van der Waals surface area contributed by atoms with Crippen LogP contribution in [0.1, 0.15) is 17.0 Å². The molecule has 0 saturated heterocycles. The summed E-state index contributed by atoms with van der Waals surface area (Å²) in [6.07, 6.45) is 1.83. The van der Waals surface area contributed by atoms with E-state index >= 15 is 0 Å². The first-order valence-electron chi connectivity index (χ1n) is 8.78. The highest BCUT2D eigenvalue weighted by atomic mass is 35.5. The summed E-state index contributed by atoms with van der Waals surface area (Å²) in [5, 5.41) is 10.2. The van der Waals surface area contributed by atoms with Crippen LogP contribution in [-0.2, 0) is 18.9 Å². The van der Waals surface area contributed by atoms with E-state index in [0.717, 1.165) is 39.4 Å². The zero-order valence-corrected chi connectivity index (χ0v) is 17.5. The number of hydrogen-bond acceptors (Lipinski definition) is 5. The van der Waals surface area contributed by atoms with E-state index in [0.29, 0.717) is 18.2 Å². The van der Waals surface area contributed by atoms with E-state index in [1.165, 1.54) is 0 Å².